The maximum absolute atomic E-state index is 13.2. The summed E-state index contributed by atoms with van der Waals surface area (Å²) in [5, 5.41) is 11.5. The van der Waals surface area contributed by atoms with Gasteiger partial charge in [0.1, 0.15) is 11.6 Å². The number of aromatic nitrogens is 2. The van der Waals surface area contributed by atoms with Gasteiger partial charge in [-0.1, -0.05) is 11.2 Å². The molecule has 0 amide bonds. The summed E-state index contributed by atoms with van der Waals surface area (Å²) < 4.78 is 18.6. The summed E-state index contributed by atoms with van der Waals surface area (Å²) in [6.45, 7) is 1.76. The zero-order valence-electron chi connectivity index (χ0n) is 10.0. The molecule has 7 heteroatoms. The van der Waals surface area contributed by atoms with Crippen LogP contribution in [0.15, 0.2) is 35.7 Å². The lowest BCUT2D eigenvalue weighted by Crippen LogP contribution is -2.16. The van der Waals surface area contributed by atoms with Crippen molar-refractivity contribution in [2.75, 3.05) is 0 Å². The van der Waals surface area contributed by atoms with E-state index in [1.165, 1.54) is 24.5 Å². The van der Waals surface area contributed by atoms with Crippen molar-refractivity contribution in [3.05, 3.63) is 47.7 Å². The molecule has 0 aliphatic heterocycles. The molecule has 98 valence electrons. The molecule has 0 atom stereocenters. The fraction of sp³-hybridized carbons (Fsp3) is 0.0833. The van der Waals surface area contributed by atoms with Crippen LogP contribution in [0.1, 0.15) is 11.3 Å². The first-order valence-electron chi connectivity index (χ1n) is 5.34. The van der Waals surface area contributed by atoms with Gasteiger partial charge in [0.25, 0.3) is 0 Å². The second-order valence-corrected chi connectivity index (χ2v) is 3.71. The topological polar surface area (TPSA) is 93.6 Å². The summed E-state index contributed by atoms with van der Waals surface area (Å²) in [7, 11) is 0. The minimum Gasteiger partial charge on any atom is -0.437 e. The standard InChI is InChI=1S/C12H11FN4O2/c1-7-2-3-8(13)6-9(7)19-12-10(11(14)17-18)15-4-5-16-12/h2-6,18H,1H3,(H2,14,17). The molecule has 3 N–H and O–H groups in total. The van der Waals surface area contributed by atoms with Crippen LogP contribution >= 0.6 is 0 Å². The summed E-state index contributed by atoms with van der Waals surface area (Å²) >= 11 is 0. The Hall–Kier alpha value is -2.70. The maximum atomic E-state index is 13.2. The number of benzene rings is 1. The lowest BCUT2D eigenvalue weighted by Gasteiger charge is -2.10. The van der Waals surface area contributed by atoms with Gasteiger partial charge in [-0.3, -0.25) is 0 Å². The van der Waals surface area contributed by atoms with Crippen molar-refractivity contribution in [2.24, 2.45) is 10.9 Å². The number of nitrogens with two attached hydrogens (primary N) is 1. The molecule has 0 spiro atoms. The third-order valence-electron chi connectivity index (χ3n) is 2.37. The fourth-order valence-electron chi connectivity index (χ4n) is 1.41. The third kappa shape index (κ3) is 2.76. The SMILES string of the molecule is Cc1ccc(F)cc1Oc1nccnc1/C(N)=N/O. The number of rotatable bonds is 3. The zero-order chi connectivity index (χ0) is 13.8. The number of halogens is 1. The van der Waals surface area contributed by atoms with E-state index >= 15 is 0 Å². The number of oxime groups is 1. The lowest BCUT2D eigenvalue weighted by molar-refractivity contribution is 0.318. The van der Waals surface area contributed by atoms with Crippen molar-refractivity contribution in [2.45, 2.75) is 6.92 Å². The highest BCUT2D eigenvalue weighted by molar-refractivity contribution is 5.97. The van der Waals surface area contributed by atoms with Gasteiger partial charge in [-0.05, 0) is 18.6 Å². The average molecular weight is 262 g/mol. The zero-order valence-corrected chi connectivity index (χ0v) is 10.0. The van der Waals surface area contributed by atoms with E-state index < -0.39 is 5.82 Å². The molecule has 19 heavy (non-hydrogen) atoms. The predicted octanol–water partition coefficient (Wildman–Crippen LogP) is 1.81. The minimum atomic E-state index is -0.435. The molecular formula is C12H11FN4O2. The van der Waals surface area contributed by atoms with Crippen molar-refractivity contribution in [3.63, 3.8) is 0 Å². The molecule has 0 unspecified atom stereocenters. The van der Waals surface area contributed by atoms with E-state index in [-0.39, 0.29) is 23.2 Å². The number of nitrogens with zero attached hydrogens (tertiary/aromatic N) is 3. The van der Waals surface area contributed by atoms with Crippen LogP contribution in [-0.2, 0) is 0 Å². The largest absolute Gasteiger partial charge is 0.437 e. The molecule has 1 aromatic carbocycles. The highest BCUT2D eigenvalue weighted by atomic mass is 19.1. The fourth-order valence-corrected chi connectivity index (χ4v) is 1.41. The quantitative estimate of drug-likeness (QED) is 0.381. The van der Waals surface area contributed by atoms with Gasteiger partial charge in [0.15, 0.2) is 11.5 Å². The van der Waals surface area contributed by atoms with E-state index in [0.29, 0.717) is 0 Å². The summed E-state index contributed by atoms with van der Waals surface area (Å²) in [5.41, 5.74) is 6.26. The molecule has 0 fully saturated rings. The molecule has 0 bridgehead atoms. The van der Waals surface area contributed by atoms with E-state index in [1.807, 2.05) is 0 Å². The van der Waals surface area contributed by atoms with Crippen molar-refractivity contribution in [3.8, 4) is 11.6 Å². The van der Waals surface area contributed by atoms with Crippen LogP contribution in [-0.4, -0.2) is 21.0 Å². The first kappa shape index (κ1) is 12.7. The van der Waals surface area contributed by atoms with Gasteiger partial charge in [0.2, 0.25) is 5.88 Å². The Morgan fingerprint density at radius 3 is 2.84 bits per heavy atom. The van der Waals surface area contributed by atoms with Crippen LogP contribution in [0.25, 0.3) is 0 Å². The van der Waals surface area contributed by atoms with Crippen LogP contribution in [0.2, 0.25) is 0 Å². The van der Waals surface area contributed by atoms with Gasteiger partial charge in [0, 0.05) is 18.5 Å². The minimum absolute atomic E-state index is 0.0338. The van der Waals surface area contributed by atoms with Gasteiger partial charge in [0.05, 0.1) is 0 Å². The second kappa shape index (κ2) is 5.30. The predicted molar refractivity (Wildman–Crippen MR) is 65.8 cm³/mol. The Kier molecular flexibility index (Phi) is 3.56. The number of hydrogen-bond donors (Lipinski definition) is 2. The van der Waals surface area contributed by atoms with Crippen molar-refractivity contribution in [1.29, 1.82) is 0 Å². The summed E-state index contributed by atoms with van der Waals surface area (Å²) in [6, 6.07) is 4.12. The van der Waals surface area contributed by atoms with E-state index in [2.05, 4.69) is 15.1 Å². The summed E-state index contributed by atoms with van der Waals surface area (Å²) in [4.78, 5) is 7.84. The van der Waals surface area contributed by atoms with Gasteiger partial charge >= 0.3 is 0 Å². The van der Waals surface area contributed by atoms with Crippen molar-refractivity contribution >= 4 is 5.84 Å². The molecule has 6 nitrogen and oxygen atoms in total. The summed E-state index contributed by atoms with van der Waals surface area (Å²) in [5.74, 6) is -0.356. The lowest BCUT2D eigenvalue weighted by atomic mass is 10.2. The van der Waals surface area contributed by atoms with Crippen molar-refractivity contribution in [1.82, 2.24) is 9.97 Å². The van der Waals surface area contributed by atoms with E-state index in [4.69, 9.17) is 15.7 Å². The normalized spacial score (nSPS) is 11.4. The van der Waals surface area contributed by atoms with Gasteiger partial charge in [-0.25, -0.2) is 14.4 Å². The maximum Gasteiger partial charge on any atom is 0.249 e. The second-order valence-electron chi connectivity index (χ2n) is 3.71. The van der Waals surface area contributed by atoms with Gasteiger partial charge in [-0.15, -0.1) is 0 Å². The van der Waals surface area contributed by atoms with Crippen LogP contribution in [0, 0.1) is 12.7 Å². The first-order chi connectivity index (χ1) is 9.11. The number of amidine groups is 1. The third-order valence-corrected chi connectivity index (χ3v) is 2.37. The molecule has 2 aromatic rings. The van der Waals surface area contributed by atoms with Crippen LogP contribution in [0.5, 0.6) is 11.6 Å². The van der Waals surface area contributed by atoms with Crippen LogP contribution < -0.4 is 10.5 Å². The van der Waals surface area contributed by atoms with Gasteiger partial charge < -0.3 is 15.7 Å². The Morgan fingerprint density at radius 2 is 2.11 bits per heavy atom. The Labute approximate surface area is 108 Å². The Morgan fingerprint density at radius 1 is 1.37 bits per heavy atom. The number of ether oxygens (including phenoxy) is 1. The summed E-state index contributed by atoms with van der Waals surface area (Å²) in [6.07, 6.45) is 2.76. The molecule has 0 saturated carbocycles. The molecule has 2 rings (SSSR count). The van der Waals surface area contributed by atoms with E-state index in [1.54, 1.807) is 13.0 Å². The molecule has 0 radical (unpaired) electrons. The monoisotopic (exact) mass is 262 g/mol. The first-order valence-corrected chi connectivity index (χ1v) is 5.34. The molecular weight excluding hydrogens is 251 g/mol. The van der Waals surface area contributed by atoms with Gasteiger partial charge in [-0.2, -0.15) is 0 Å². The van der Waals surface area contributed by atoms with Crippen LogP contribution in [0.3, 0.4) is 0 Å². The molecule has 1 heterocycles. The Bertz CT molecular complexity index is 631. The van der Waals surface area contributed by atoms with Crippen molar-refractivity contribution < 1.29 is 14.3 Å². The molecule has 0 aliphatic carbocycles. The number of aryl methyl sites for hydroxylation is 1. The highest BCUT2D eigenvalue weighted by Crippen LogP contribution is 2.25. The average Bonchev–Trinajstić information content (AvgIpc) is 2.42. The molecule has 0 saturated heterocycles. The molecule has 1 aromatic heterocycles. The smallest absolute Gasteiger partial charge is 0.249 e. The molecule has 0 aliphatic rings. The Balaban J connectivity index is 2.41. The van der Waals surface area contributed by atoms with E-state index in [0.717, 1.165) is 5.56 Å². The number of hydrogen-bond acceptors (Lipinski definition) is 5. The van der Waals surface area contributed by atoms with E-state index in [9.17, 15) is 4.39 Å². The highest BCUT2D eigenvalue weighted by Gasteiger charge is 2.13. The van der Waals surface area contributed by atoms with Crippen LogP contribution in [0.4, 0.5) is 4.39 Å².